The Morgan fingerprint density at radius 1 is 1.36 bits per heavy atom. The number of urea groups is 1. The zero-order chi connectivity index (χ0) is 8.69. The highest BCUT2D eigenvalue weighted by molar-refractivity contribution is 7.80. The summed E-state index contributed by atoms with van der Waals surface area (Å²) in [7, 11) is 0. The quantitative estimate of drug-likeness (QED) is 0.148. The number of hydrogen-bond acceptors (Lipinski definition) is 3. The molecule has 0 saturated carbocycles. The molecule has 0 aromatic carbocycles. The van der Waals surface area contributed by atoms with Crippen LogP contribution in [0, 0.1) is 0 Å². The van der Waals surface area contributed by atoms with Crippen molar-refractivity contribution in [1.82, 2.24) is 16.1 Å². The molecule has 2 amide bonds. The van der Waals surface area contributed by atoms with Crippen LogP contribution in [0.25, 0.3) is 0 Å². The van der Waals surface area contributed by atoms with Crippen molar-refractivity contribution in [2.75, 3.05) is 13.1 Å². The summed E-state index contributed by atoms with van der Waals surface area (Å²) in [5.41, 5.74) is 7.02. The Labute approximate surface area is 69.7 Å². The van der Waals surface area contributed by atoms with Crippen molar-refractivity contribution in [3.63, 3.8) is 0 Å². The van der Waals surface area contributed by atoms with E-state index in [0.29, 0.717) is 18.2 Å². The summed E-state index contributed by atoms with van der Waals surface area (Å²) in [6.45, 7) is 0.906. The second kappa shape index (κ2) is 5.69. The van der Waals surface area contributed by atoms with E-state index in [1.165, 1.54) is 0 Å². The molecule has 0 aromatic rings. The summed E-state index contributed by atoms with van der Waals surface area (Å²) < 4.78 is 0. The lowest BCUT2D eigenvalue weighted by molar-refractivity contribution is 0.249. The van der Waals surface area contributed by atoms with Crippen molar-refractivity contribution in [2.24, 2.45) is 11.6 Å². The van der Waals surface area contributed by atoms with E-state index in [4.69, 9.17) is 11.6 Å². The minimum Gasteiger partial charge on any atom is -0.360 e. The van der Waals surface area contributed by atoms with E-state index < -0.39 is 6.03 Å². The van der Waals surface area contributed by atoms with E-state index >= 15 is 0 Å². The average Bonchev–Trinajstić information content (AvgIpc) is 1.97. The molecular formula is C4H11N5OS. The van der Waals surface area contributed by atoms with Gasteiger partial charge in [-0.05, 0) is 12.2 Å². The Balaban J connectivity index is 3.14. The lowest BCUT2D eigenvalue weighted by atomic mass is 10.6. The van der Waals surface area contributed by atoms with E-state index in [1.807, 2.05) is 0 Å². The van der Waals surface area contributed by atoms with Crippen molar-refractivity contribution in [3.8, 4) is 0 Å². The topological polar surface area (TPSA) is 105 Å². The SMILES string of the molecule is NNC(=S)NCCNC(N)=O. The fourth-order valence-corrected chi connectivity index (χ4v) is 0.515. The maximum atomic E-state index is 10.1. The molecule has 0 fully saturated rings. The third kappa shape index (κ3) is 6.81. The number of hydrogen-bond donors (Lipinski definition) is 5. The van der Waals surface area contributed by atoms with Crippen molar-refractivity contribution in [3.05, 3.63) is 0 Å². The van der Waals surface area contributed by atoms with Crippen LogP contribution in [0.2, 0.25) is 0 Å². The Hall–Kier alpha value is -1.08. The second-order valence-corrected chi connectivity index (χ2v) is 2.10. The van der Waals surface area contributed by atoms with E-state index in [9.17, 15) is 4.79 Å². The van der Waals surface area contributed by atoms with Gasteiger partial charge in [-0.25, -0.2) is 10.6 Å². The van der Waals surface area contributed by atoms with Crippen LogP contribution in [0.1, 0.15) is 0 Å². The Morgan fingerprint density at radius 3 is 2.36 bits per heavy atom. The largest absolute Gasteiger partial charge is 0.360 e. The van der Waals surface area contributed by atoms with Gasteiger partial charge in [0.2, 0.25) is 0 Å². The molecule has 0 saturated heterocycles. The molecule has 11 heavy (non-hydrogen) atoms. The summed E-state index contributed by atoms with van der Waals surface area (Å²) in [5, 5.41) is 5.42. The first-order valence-electron chi connectivity index (χ1n) is 2.94. The maximum Gasteiger partial charge on any atom is 0.312 e. The minimum absolute atomic E-state index is 0.330. The molecule has 6 nitrogen and oxygen atoms in total. The number of hydrazine groups is 1. The molecule has 7 heteroatoms. The average molecular weight is 177 g/mol. The molecular weight excluding hydrogens is 166 g/mol. The Bertz CT molecular complexity index is 149. The number of nitrogens with two attached hydrogens (primary N) is 2. The highest BCUT2D eigenvalue weighted by Crippen LogP contribution is 1.61. The number of carbonyl (C=O) groups excluding carboxylic acids is 1. The molecule has 64 valence electrons. The minimum atomic E-state index is -0.557. The number of nitrogens with one attached hydrogen (secondary N) is 3. The van der Waals surface area contributed by atoms with Gasteiger partial charge in [-0.1, -0.05) is 0 Å². The highest BCUT2D eigenvalue weighted by Gasteiger charge is 1.91. The molecule has 0 aromatic heterocycles. The number of primary amides is 1. The first kappa shape index (κ1) is 9.92. The van der Waals surface area contributed by atoms with Gasteiger partial charge in [-0.15, -0.1) is 0 Å². The van der Waals surface area contributed by atoms with Crippen molar-refractivity contribution in [2.45, 2.75) is 0 Å². The predicted molar refractivity (Wildman–Crippen MR) is 45.5 cm³/mol. The van der Waals surface area contributed by atoms with Gasteiger partial charge in [-0.2, -0.15) is 0 Å². The van der Waals surface area contributed by atoms with Gasteiger partial charge in [0.25, 0.3) is 0 Å². The molecule has 0 aliphatic heterocycles. The standard InChI is InChI=1S/C4H11N5OS/c5-3(10)7-1-2-8-4(11)9-6/h1-2,6H2,(H3,5,7,10)(H2,8,9,11). The first-order chi connectivity index (χ1) is 5.16. The molecule has 0 heterocycles. The molecule has 0 unspecified atom stereocenters. The maximum absolute atomic E-state index is 10.1. The van der Waals surface area contributed by atoms with E-state index in [2.05, 4.69) is 28.3 Å². The summed E-state index contributed by atoms with van der Waals surface area (Å²) in [6, 6.07) is -0.557. The van der Waals surface area contributed by atoms with Crippen LogP contribution in [-0.4, -0.2) is 24.2 Å². The summed E-state index contributed by atoms with van der Waals surface area (Å²) in [5.74, 6) is 4.95. The molecule has 7 N–H and O–H groups in total. The van der Waals surface area contributed by atoms with E-state index in [1.54, 1.807) is 0 Å². The van der Waals surface area contributed by atoms with Gasteiger partial charge in [0, 0.05) is 13.1 Å². The number of rotatable bonds is 3. The molecule has 0 spiro atoms. The normalized spacial score (nSPS) is 8.45. The lowest BCUT2D eigenvalue weighted by Gasteiger charge is -2.05. The van der Waals surface area contributed by atoms with Crippen LogP contribution in [-0.2, 0) is 0 Å². The van der Waals surface area contributed by atoms with Crippen LogP contribution in [0.4, 0.5) is 4.79 Å². The fourth-order valence-electron chi connectivity index (χ4n) is 0.413. The smallest absolute Gasteiger partial charge is 0.312 e. The molecule has 0 atom stereocenters. The number of amides is 2. The fraction of sp³-hybridized carbons (Fsp3) is 0.500. The van der Waals surface area contributed by atoms with Crippen molar-refractivity contribution in [1.29, 1.82) is 0 Å². The summed E-state index contributed by atoms with van der Waals surface area (Å²) >= 11 is 4.64. The molecule has 0 aliphatic rings. The molecule has 0 bridgehead atoms. The monoisotopic (exact) mass is 177 g/mol. The molecule has 0 rings (SSSR count). The number of thiocarbonyl (C=S) groups is 1. The van der Waals surface area contributed by atoms with Gasteiger partial charge in [-0.3, -0.25) is 0 Å². The Morgan fingerprint density at radius 2 is 1.91 bits per heavy atom. The van der Waals surface area contributed by atoms with Crippen LogP contribution in [0.15, 0.2) is 0 Å². The van der Waals surface area contributed by atoms with Gasteiger partial charge in [0.05, 0.1) is 0 Å². The van der Waals surface area contributed by atoms with Crippen LogP contribution < -0.4 is 27.6 Å². The Kier molecular flexibility index (Phi) is 5.13. The molecule has 0 aliphatic carbocycles. The van der Waals surface area contributed by atoms with Crippen molar-refractivity contribution < 1.29 is 4.79 Å². The van der Waals surface area contributed by atoms with Gasteiger partial charge < -0.3 is 21.8 Å². The lowest BCUT2D eigenvalue weighted by Crippen LogP contribution is -2.43. The van der Waals surface area contributed by atoms with Crippen LogP contribution >= 0.6 is 12.2 Å². The predicted octanol–water partition coefficient (Wildman–Crippen LogP) is -2.01. The summed E-state index contributed by atoms with van der Waals surface area (Å²) in [6.07, 6.45) is 0. The second-order valence-electron chi connectivity index (χ2n) is 1.69. The number of carbonyl (C=O) groups is 1. The van der Waals surface area contributed by atoms with Gasteiger partial charge >= 0.3 is 6.03 Å². The molecule has 0 radical (unpaired) electrons. The third-order valence-corrected chi connectivity index (χ3v) is 1.10. The third-order valence-electron chi connectivity index (χ3n) is 0.841. The van der Waals surface area contributed by atoms with Gasteiger partial charge in [0.1, 0.15) is 0 Å². The zero-order valence-corrected chi connectivity index (χ0v) is 6.70. The van der Waals surface area contributed by atoms with Crippen LogP contribution in [0.5, 0.6) is 0 Å². The van der Waals surface area contributed by atoms with E-state index in [-0.39, 0.29) is 0 Å². The van der Waals surface area contributed by atoms with E-state index in [0.717, 1.165) is 0 Å². The van der Waals surface area contributed by atoms with Crippen molar-refractivity contribution >= 4 is 23.4 Å². The highest BCUT2D eigenvalue weighted by atomic mass is 32.1. The first-order valence-corrected chi connectivity index (χ1v) is 3.35. The summed E-state index contributed by atoms with van der Waals surface area (Å²) in [4.78, 5) is 10.1. The van der Waals surface area contributed by atoms with Gasteiger partial charge in [0.15, 0.2) is 5.11 Å². The zero-order valence-electron chi connectivity index (χ0n) is 5.89. The van der Waals surface area contributed by atoms with Crippen LogP contribution in [0.3, 0.4) is 0 Å².